The predicted molar refractivity (Wildman–Crippen MR) is 112 cm³/mol. The van der Waals surface area contributed by atoms with Gasteiger partial charge in [0.15, 0.2) is 0 Å². The molecule has 1 aromatic carbocycles. The van der Waals surface area contributed by atoms with Crippen molar-refractivity contribution in [3.8, 4) is 11.4 Å². The van der Waals surface area contributed by atoms with E-state index in [1.807, 2.05) is 45.0 Å². The lowest BCUT2D eigenvalue weighted by Crippen LogP contribution is -2.50. The minimum atomic E-state index is -0.943. The van der Waals surface area contributed by atoms with Crippen LogP contribution in [0.2, 0.25) is 0 Å². The van der Waals surface area contributed by atoms with Crippen LogP contribution in [0.25, 0.3) is 5.69 Å². The molecule has 1 fully saturated rings. The molecule has 1 aliphatic rings. The Morgan fingerprint density at radius 2 is 1.77 bits per heavy atom. The molecule has 1 aromatic heterocycles. The fraction of sp³-hybridized carbons (Fsp3) is 0.524. The average Bonchev–Trinajstić information content (AvgIpc) is 3.15. The predicted octanol–water partition coefficient (Wildman–Crippen LogP) is 1.83. The van der Waals surface area contributed by atoms with Crippen LogP contribution >= 0.6 is 0 Å². The number of rotatable bonds is 7. The summed E-state index contributed by atoms with van der Waals surface area (Å²) in [6, 6.07) is 7.37. The quantitative estimate of drug-likeness (QED) is 0.707. The maximum absolute atomic E-state index is 12.1. The lowest BCUT2D eigenvalue weighted by Gasteiger charge is -2.35. The second-order valence-electron chi connectivity index (χ2n) is 8.38. The number of hydrogen-bond acceptors (Lipinski definition) is 7. The highest BCUT2D eigenvalue weighted by Gasteiger charge is 2.25. The van der Waals surface area contributed by atoms with Gasteiger partial charge in [-0.05, 0) is 45.0 Å². The first-order valence-corrected chi connectivity index (χ1v) is 10.3. The molecule has 0 spiro atoms. The maximum atomic E-state index is 12.1. The third-order valence-corrected chi connectivity index (χ3v) is 4.67. The number of aliphatic carboxylic acids is 1. The Kier molecular flexibility index (Phi) is 7.11. The van der Waals surface area contributed by atoms with Crippen molar-refractivity contribution < 1.29 is 24.2 Å². The Bertz CT molecular complexity index is 882. The molecular weight excluding hydrogens is 402 g/mol. The van der Waals surface area contributed by atoms with Gasteiger partial charge in [0.05, 0.1) is 24.0 Å². The van der Waals surface area contributed by atoms with Gasteiger partial charge in [-0.3, -0.25) is 9.69 Å². The van der Waals surface area contributed by atoms with Crippen molar-refractivity contribution in [2.75, 3.05) is 39.3 Å². The Labute approximate surface area is 181 Å². The number of nitrogens with zero attached hydrogens (tertiary/aromatic N) is 5. The number of carboxylic acid groups (broad SMARTS) is 1. The molecule has 2 aromatic rings. The first kappa shape index (κ1) is 22.5. The number of carboxylic acids is 1. The van der Waals surface area contributed by atoms with E-state index >= 15 is 0 Å². The molecular formula is C21H29N5O5. The molecule has 3 rings (SSSR count). The highest BCUT2D eigenvalue weighted by Crippen LogP contribution is 2.16. The van der Waals surface area contributed by atoms with Gasteiger partial charge in [0.25, 0.3) is 0 Å². The summed E-state index contributed by atoms with van der Waals surface area (Å²) in [4.78, 5) is 26.9. The topological polar surface area (TPSA) is 110 Å². The van der Waals surface area contributed by atoms with Crippen molar-refractivity contribution in [2.45, 2.75) is 32.8 Å². The SMILES string of the molecule is CC(C)(C)OC(=O)N1CCN(CCOc2ccc(-n3cc(CC(=O)O)nn3)cc2)CC1. The standard InChI is InChI=1S/C21H29N5O5/c1-21(2,3)31-20(29)25-10-8-24(9-11-25)12-13-30-18-6-4-17(5-7-18)26-15-16(22-23-26)14-19(27)28/h4-7,15H,8-14H2,1-3H3,(H,27,28). The molecule has 168 valence electrons. The molecule has 0 atom stereocenters. The molecule has 1 N–H and O–H groups in total. The van der Waals surface area contributed by atoms with E-state index in [1.54, 1.807) is 11.1 Å². The Morgan fingerprint density at radius 1 is 1.10 bits per heavy atom. The van der Waals surface area contributed by atoms with Gasteiger partial charge >= 0.3 is 12.1 Å². The number of aromatic nitrogens is 3. The molecule has 10 heteroatoms. The molecule has 10 nitrogen and oxygen atoms in total. The zero-order valence-corrected chi connectivity index (χ0v) is 18.2. The van der Waals surface area contributed by atoms with Crippen LogP contribution in [0.4, 0.5) is 4.79 Å². The summed E-state index contributed by atoms with van der Waals surface area (Å²) >= 11 is 0. The van der Waals surface area contributed by atoms with E-state index in [0.29, 0.717) is 25.4 Å². The smallest absolute Gasteiger partial charge is 0.410 e. The van der Waals surface area contributed by atoms with E-state index in [-0.39, 0.29) is 12.5 Å². The van der Waals surface area contributed by atoms with E-state index in [4.69, 9.17) is 14.6 Å². The summed E-state index contributed by atoms with van der Waals surface area (Å²) in [5.41, 5.74) is 0.695. The van der Waals surface area contributed by atoms with Gasteiger partial charge in [0.1, 0.15) is 18.0 Å². The van der Waals surface area contributed by atoms with Crippen LogP contribution in [0.3, 0.4) is 0 Å². The van der Waals surface area contributed by atoms with Crippen LogP contribution in [0, 0.1) is 0 Å². The van der Waals surface area contributed by atoms with Crippen molar-refractivity contribution in [3.05, 3.63) is 36.2 Å². The van der Waals surface area contributed by atoms with Crippen LogP contribution in [0.15, 0.2) is 30.5 Å². The van der Waals surface area contributed by atoms with Crippen LogP contribution in [0.5, 0.6) is 5.75 Å². The fourth-order valence-corrected chi connectivity index (χ4v) is 3.13. The minimum Gasteiger partial charge on any atom is -0.492 e. The van der Waals surface area contributed by atoms with E-state index in [0.717, 1.165) is 31.1 Å². The van der Waals surface area contributed by atoms with E-state index in [9.17, 15) is 9.59 Å². The summed E-state index contributed by atoms with van der Waals surface area (Å²) in [5, 5.41) is 16.6. The van der Waals surface area contributed by atoms with Crippen LogP contribution in [0.1, 0.15) is 26.5 Å². The largest absolute Gasteiger partial charge is 0.492 e. The number of carbonyl (C=O) groups is 2. The van der Waals surface area contributed by atoms with E-state index in [2.05, 4.69) is 15.2 Å². The van der Waals surface area contributed by atoms with Crippen molar-refractivity contribution in [3.63, 3.8) is 0 Å². The lowest BCUT2D eigenvalue weighted by atomic mass is 10.2. The van der Waals surface area contributed by atoms with Gasteiger partial charge in [-0.2, -0.15) is 0 Å². The number of carbonyl (C=O) groups excluding carboxylic acids is 1. The van der Waals surface area contributed by atoms with Gasteiger partial charge in [-0.25, -0.2) is 9.48 Å². The maximum Gasteiger partial charge on any atom is 0.410 e. The third-order valence-electron chi connectivity index (χ3n) is 4.67. The van der Waals surface area contributed by atoms with E-state index < -0.39 is 11.6 Å². The molecule has 0 radical (unpaired) electrons. The molecule has 1 saturated heterocycles. The van der Waals surface area contributed by atoms with Crippen molar-refractivity contribution in [1.29, 1.82) is 0 Å². The zero-order valence-electron chi connectivity index (χ0n) is 18.2. The van der Waals surface area contributed by atoms with Crippen LogP contribution in [-0.4, -0.2) is 86.9 Å². The zero-order chi connectivity index (χ0) is 22.4. The molecule has 0 aliphatic carbocycles. The molecule has 0 unspecified atom stereocenters. The summed E-state index contributed by atoms with van der Waals surface area (Å²) in [5.74, 6) is -0.205. The van der Waals surface area contributed by atoms with Gasteiger partial charge < -0.3 is 19.5 Å². The first-order chi connectivity index (χ1) is 14.7. The van der Waals surface area contributed by atoms with Gasteiger partial charge in [-0.1, -0.05) is 5.21 Å². The second kappa shape index (κ2) is 9.78. The van der Waals surface area contributed by atoms with Crippen LogP contribution in [-0.2, 0) is 16.0 Å². The monoisotopic (exact) mass is 431 g/mol. The Hall–Kier alpha value is -3.14. The second-order valence-corrected chi connectivity index (χ2v) is 8.38. The molecule has 31 heavy (non-hydrogen) atoms. The molecule has 0 bridgehead atoms. The molecule has 1 amide bonds. The minimum absolute atomic E-state index is 0.159. The third kappa shape index (κ3) is 6.95. The highest BCUT2D eigenvalue weighted by molar-refractivity contribution is 5.69. The number of ether oxygens (including phenoxy) is 2. The molecule has 2 heterocycles. The molecule has 0 saturated carbocycles. The lowest BCUT2D eigenvalue weighted by molar-refractivity contribution is -0.136. The van der Waals surface area contributed by atoms with E-state index in [1.165, 1.54) is 4.68 Å². The Balaban J connectivity index is 1.40. The van der Waals surface area contributed by atoms with Crippen molar-refractivity contribution in [1.82, 2.24) is 24.8 Å². The Morgan fingerprint density at radius 3 is 2.39 bits per heavy atom. The number of hydrogen-bond donors (Lipinski definition) is 1. The summed E-state index contributed by atoms with van der Waals surface area (Å²) in [6.07, 6.45) is 1.18. The summed E-state index contributed by atoms with van der Waals surface area (Å²) in [6.45, 7) is 9.77. The summed E-state index contributed by atoms with van der Waals surface area (Å²) in [7, 11) is 0. The van der Waals surface area contributed by atoms with Gasteiger partial charge in [0.2, 0.25) is 0 Å². The van der Waals surface area contributed by atoms with Gasteiger partial charge in [0, 0.05) is 32.7 Å². The first-order valence-electron chi connectivity index (χ1n) is 10.3. The normalized spacial score (nSPS) is 15.0. The van der Waals surface area contributed by atoms with Crippen LogP contribution < -0.4 is 4.74 Å². The highest BCUT2D eigenvalue weighted by atomic mass is 16.6. The van der Waals surface area contributed by atoms with Crippen molar-refractivity contribution >= 4 is 12.1 Å². The molecule has 1 aliphatic heterocycles. The summed E-state index contributed by atoms with van der Waals surface area (Å²) < 4.78 is 12.8. The number of piperazine rings is 1. The van der Waals surface area contributed by atoms with Crippen molar-refractivity contribution in [2.24, 2.45) is 0 Å². The van der Waals surface area contributed by atoms with Gasteiger partial charge in [-0.15, -0.1) is 5.10 Å². The average molecular weight is 431 g/mol. The number of benzene rings is 1. The fourth-order valence-electron chi connectivity index (χ4n) is 3.13. The number of amides is 1.